The molecule has 1 amide bonds. The molecule has 1 aromatic heterocycles. The fraction of sp³-hybridized carbons (Fsp3) is 0.640. The van der Waals surface area contributed by atoms with Gasteiger partial charge >= 0.3 is 0 Å². The fourth-order valence-electron chi connectivity index (χ4n) is 6.56. The summed E-state index contributed by atoms with van der Waals surface area (Å²) >= 11 is 1.42. The highest BCUT2D eigenvalue weighted by Gasteiger charge is 2.52. The van der Waals surface area contributed by atoms with Crippen LogP contribution in [0.25, 0.3) is 0 Å². The number of amides is 1. The fourth-order valence-corrected chi connectivity index (χ4v) is 7.32. The molecular formula is C25H34N4O2S. The molecule has 3 heterocycles. The Morgan fingerprint density at radius 3 is 2.94 bits per heavy atom. The zero-order chi connectivity index (χ0) is 22.5. The Labute approximate surface area is 195 Å². The standard InChI is InChI=1S/C25H34N4O2S/c1-24(2)13-18-14-25(3,15-24)16-29(18)22(30)20-9-6-10-28(20)23-26-21(27-32-23)12-17-7-5-8-19(11-17)31-4/h5,7-8,11,18,20H,6,9-10,12-16H2,1-4H3. The van der Waals surface area contributed by atoms with Crippen molar-refractivity contribution in [2.24, 2.45) is 10.8 Å². The average Bonchev–Trinajstić information content (AvgIpc) is 3.44. The zero-order valence-corrected chi connectivity index (χ0v) is 20.5. The van der Waals surface area contributed by atoms with E-state index in [1.807, 2.05) is 18.2 Å². The molecule has 2 bridgehead atoms. The van der Waals surface area contributed by atoms with Gasteiger partial charge in [-0.05, 0) is 60.6 Å². The molecule has 3 atom stereocenters. The second kappa shape index (κ2) is 8.01. The summed E-state index contributed by atoms with van der Waals surface area (Å²) in [5.41, 5.74) is 1.71. The van der Waals surface area contributed by atoms with E-state index in [2.05, 4.69) is 41.0 Å². The van der Waals surface area contributed by atoms with Gasteiger partial charge in [0.2, 0.25) is 11.0 Å². The highest BCUT2D eigenvalue weighted by molar-refractivity contribution is 7.09. The van der Waals surface area contributed by atoms with E-state index in [9.17, 15) is 4.79 Å². The molecule has 3 fully saturated rings. The lowest BCUT2D eigenvalue weighted by atomic mass is 9.65. The van der Waals surface area contributed by atoms with Crippen molar-refractivity contribution in [2.75, 3.05) is 25.1 Å². The van der Waals surface area contributed by atoms with E-state index in [4.69, 9.17) is 9.72 Å². The Kier molecular flexibility index (Phi) is 5.43. The number of benzene rings is 1. The monoisotopic (exact) mass is 454 g/mol. The summed E-state index contributed by atoms with van der Waals surface area (Å²) < 4.78 is 9.94. The van der Waals surface area contributed by atoms with Gasteiger partial charge in [0.1, 0.15) is 17.6 Å². The topological polar surface area (TPSA) is 58.6 Å². The third kappa shape index (κ3) is 4.12. The molecular weight excluding hydrogens is 420 g/mol. The zero-order valence-electron chi connectivity index (χ0n) is 19.6. The first-order valence-corrected chi connectivity index (χ1v) is 12.6. The first-order chi connectivity index (χ1) is 15.3. The van der Waals surface area contributed by atoms with Crippen LogP contribution in [0, 0.1) is 10.8 Å². The molecule has 3 unspecified atom stereocenters. The van der Waals surface area contributed by atoms with E-state index < -0.39 is 0 Å². The van der Waals surface area contributed by atoms with Crippen molar-refractivity contribution in [1.29, 1.82) is 0 Å². The summed E-state index contributed by atoms with van der Waals surface area (Å²) in [7, 11) is 1.68. The number of methoxy groups -OCH3 is 1. The SMILES string of the molecule is COc1cccc(Cc2nsc(N3CCCC3C(=O)N3CC4(C)CC3CC(C)(C)C4)n2)c1. The Morgan fingerprint density at radius 1 is 1.28 bits per heavy atom. The van der Waals surface area contributed by atoms with Gasteiger partial charge in [-0.15, -0.1) is 0 Å². The summed E-state index contributed by atoms with van der Waals surface area (Å²) in [6, 6.07) is 8.31. The van der Waals surface area contributed by atoms with Gasteiger partial charge in [0.15, 0.2) is 0 Å². The number of hydrogen-bond acceptors (Lipinski definition) is 6. The predicted molar refractivity (Wildman–Crippen MR) is 127 cm³/mol. The Hall–Kier alpha value is -2.15. The number of aromatic nitrogens is 2. The lowest BCUT2D eigenvalue weighted by Gasteiger charge is -2.39. The number of ether oxygens (including phenoxy) is 1. The number of rotatable bonds is 5. The highest BCUT2D eigenvalue weighted by atomic mass is 32.1. The van der Waals surface area contributed by atoms with Gasteiger partial charge < -0.3 is 14.5 Å². The van der Waals surface area contributed by atoms with Crippen LogP contribution in [0.5, 0.6) is 5.75 Å². The molecule has 0 N–H and O–H groups in total. The van der Waals surface area contributed by atoms with Crippen LogP contribution in [-0.4, -0.2) is 52.4 Å². The number of carbonyl (C=O) groups is 1. The second-order valence-electron chi connectivity index (χ2n) is 11.1. The molecule has 32 heavy (non-hydrogen) atoms. The van der Waals surface area contributed by atoms with Crippen molar-refractivity contribution in [3.8, 4) is 5.75 Å². The Morgan fingerprint density at radius 2 is 2.12 bits per heavy atom. The molecule has 5 rings (SSSR count). The van der Waals surface area contributed by atoms with Crippen LogP contribution >= 0.6 is 11.5 Å². The van der Waals surface area contributed by atoms with Crippen LogP contribution in [0.15, 0.2) is 24.3 Å². The van der Waals surface area contributed by atoms with Crippen molar-refractivity contribution in [2.45, 2.75) is 71.4 Å². The number of hydrogen-bond donors (Lipinski definition) is 0. The smallest absolute Gasteiger partial charge is 0.245 e. The molecule has 7 heteroatoms. The van der Waals surface area contributed by atoms with Gasteiger partial charge in [-0.3, -0.25) is 4.79 Å². The third-order valence-corrected chi connectivity index (χ3v) is 8.23. The summed E-state index contributed by atoms with van der Waals surface area (Å²) in [5, 5.41) is 0.882. The lowest BCUT2D eigenvalue weighted by molar-refractivity contribution is -0.133. The number of carbonyl (C=O) groups excluding carboxylic acids is 1. The molecule has 6 nitrogen and oxygen atoms in total. The summed E-state index contributed by atoms with van der Waals surface area (Å²) in [5.74, 6) is 1.96. The summed E-state index contributed by atoms with van der Waals surface area (Å²) in [6.45, 7) is 8.87. The highest BCUT2D eigenvalue weighted by Crippen LogP contribution is 2.52. The van der Waals surface area contributed by atoms with E-state index in [0.29, 0.717) is 23.8 Å². The normalized spacial score (nSPS) is 28.9. The van der Waals surface area contributed by atoms with Gasteiger partial charge in [-0.2, -0.15) is 4.37 Å². The van der Waals surface area contributed by atoms with Crippen molar-refractivity contribution in [3.63, 3.8) is 0 Å². The van der Waals surface area contributed by atoms with Gasteiger partial charge in [0, 0.05) is 37.1 Å². The van der Waals surface area contributed by atoms with Crippen LogP contribution in [-0.2, 0) is 11.2 Å². The maximum atomic E-state index is 13.7. The molecule has 1 saturated carbocycles. The molecule has 0 spiro atoms. The first kappa shape index (κ1) is 21.7. The van der Waals surface area contributed by atoms with Crippen molar-refractivity contribution >= 4 is 22.6 Å². The van der Waals surface area contributed by atoms with Crippen LogP contribution in [0.4, 0.5) is 5.13 Å². The Balaban J connectivity index is 1.31. The van der Waals surface area contributed by atoms with Gasteiger partial charge in [-0.25, -0.2) is 4.98 Å². The van der Waals surface area contributed by atoms with E-state index in [1.165, 1.54) is 18.0 Å². The van der Waals surface area contributed by atoms with Crippen molar-refractivity contribution in [1.82, 2.24) is 14.3 Å². The van der Waals surface area contributed by atoms with E-state index in [1.54, 1.807) is 7.11 Å². The number of anilines is 1. The molecule has 1 aromatic carbocycles. The van der Waals surface area contributed by atoms with Crippen LogP contribution < -0.4 is 9.64 Å². The van der Waals surface area contributed by atoms with Crippen LogP contribution in [0.3, 0.4) is 0 Å². The first-order valence-electron chi connectivity index (χ1n) is 11.8. The number of likely N-dealkylation sites (tertiary alicyclic amines) is 1. The quantitative estimate of drug-likeness (QED) is 0.664. The maximum absolute atomic E-state index is 13.7. The average molecular weight is 455 g/mol. The summed E-state index contributed by atoms with van der Waals surface area (Å²) in [6.07, 6.45) is 6.08. The molecule has 2 aromatic rings. The van der Waals surface area contributed by atoms with Crippen molar-refractivity contribution < 1.29 is 9.53 Å². The van der Waals surface area contributed by atoms with E-state index in [0.717, 1.165) is 61.0 Å². The molecule has 1 aliphatic carbocycles. The van der Waals surface area contributed by atoms with E-state index in [-0.39, 0.29) is 11.5 Å². The van der Waals surface area contributed by atoms with Crippen molar-refractivity contribution in [3.05, 3.63) is 35.7 Å². The number of fused-ring (bicyclic) bond motifs is 2. The number of nitrogens with zero attached hydrogens (tertiary/aromatic N) is 4. The van der Waals surface area contributed by atoms with Crippen LogP contribution in [0.1, 0.15) is 64.3 Å². The van der Waals surface area contributed by atoms with Gasteiger partial charge in [-0.1, -0.05) is 32.9 Å². The largest absolute Gasteiger partial charge is 0.497 e. The van der Waals surface area contributed by atoms with E-state index >= 15 is 0 Å². The molecule has 172 valence electrons. The minimum atomic E-state index is -0.0984. The molecule has 0 radical (unpaired) electrons. The maximum Gasteiger partial charge on any atom is 0.245 e. The Bertz CT molecular complexity index is 1010. The van der Waals surface area contributed by atoms with Gasteiger partial charge in [0.05, 0.1) is 7.11 Å². The summed E-state index contributed by atoms with van der Waals surface area (Å²) in [4.78, 5) is 23.0. The molecule has 2 aliphatic heterocycles. The minimum absolute atomic E-state index is 0.0984. The minimum Gasteiger partial charge on any atom is -0.497 e. The third-order valence-electron chi connectivity index (χ3n) is 7.44. The molecule has 2 saturated heterocycles. The van der Waals surface area contributed by atoms with Crippen LogP contribution in [0.2, 0.25) is 0 Å². The second-order valence-corrected chi connectivity index (χ2v) is 11.8. The van der Waals surface area contributed by atoms with Gasteiger partial charge in [0.25, 0.3) is 0 Å². The predicted octanol–water partition coefficient (Wildman–Crippen LogP) is 4.53. The molecule has 3 aliphatic rings. The lowest BCUT2D eigenvalue weighted by Crippen LogP contribution is -2.48.